The van der Waals surface area contributed by atoms with Crippen LogP contribution >= 0.6 is 0 Å². The summed E-state index contributed by atoms with van der Waals surface area (Å²) in [4.78, 5) is 10.6. The van der Waals surface area contributed by atoms with Gasteiger partial charge in [0, 0.05) is 13.2 Å². The average Bonchev–Trinajstić information content (AvgIpc) is 2.00. The molecule has 0 amide bonds. The van der Waals surface area contributed by atoms with Gasteiger partial charge in [-0.05, 0) is 6.92 Å². The largest absolute Gasteiger partial charge is 0.444 e. The van der Waals surface area contributed by atoms with E-state index in [2.05, 4.69) is 11.9 Å². The van der Waals surface area contributed by atoms with Crippen LogP contribution in [-0.2, 0) is 14.3 Å². The van der Waals surface area contributed by atoms with Crippen LogP contribution < -0.4 is 5.32 Å². The van der Waals surface area contributed by atoms with Gasteiger partial charge in [-0.15, -0.1) is 0 Å². The van der Waals surface area contributed by atoms with Crippen molar-refractivity contribution < 1.29 is 14.3 Å². The summed E-state index contributed by atoms with van der Waals surface area (Å²) < 4.78 is 9.45. The molecule has 1 atom stereocenters. The third-order valence-electron chi connectivity index (χ3n) is 0.975. The van der Waals surface area contributed by atoms with Gasteiger partial charge in [0.15, 0.2) is 6.23 Å². The molecule has 0 aliphatic heterocycles. The lowest BCUT2D eigenvalue weighted by Gasteiger charge is -2.12. The Morgan fingerprint density at radius 3 is 2.91 bits per heavy atom. The van der Waals surface area contributed by atoms with Crippen LogP contribution in [0.1, 0.15) is 6.92 Å². The van der Waals surface area contributed by atoms with Crippen LogP contribution in [0.2, 0.25) is 0 Å². The maximum atomic E-state index is 10.6. The lowest BCUT2D eigenvalue weighted by Crippen LogP contribution is -2.31. The fourth-order valence-electron chi connectivity index (χ4n) is 0.465. The number of carbonyl (C=O) groups excluding carboxylic acids is 1. The van der Waals surface area contributed by atoms with Gasteiger partial charge in [-0.3, -0.25) is 5.32 Å². The fourth-order valence-corrected chi connectivity index (χ4v) is 0.465. The summed E-state index contributed by atoms with van der Waals surface area (Å²) in [5, 5.41) is 2.78. The van der Waals surface area contributed by atoms with Crippen molar-refractivity contribution in [2.75, 3.05) is 13.8 Å². The van der Waals surface area contributed by atoms with E-state index in [0.717, 1.165) is 6.08 Å². The highest BCUT2D eigenvalue weighted by Crippen LogP contribution is 1.86. The van der Waals surface area contributed by atoms with Crippen LogP contribution in [0.5, 0.6) is 0 Å². The first-order valence-electron chi connectivity index (χ1n) is 3.26. The summed E-state index contributed by atoms with van der Waals surface area (Å²) in [6.07, 6.45) is 0.769. The molecular formula is C7H13NO3. The molecule has 4 nitrogen and oxygen atoms in total. The SMILES string of the molecule is C=CC(=O)OC(C)NCOC. The van der Waals surface area contributed by atoms with E-state index in [9.17, 15) is 4.79 Å². The smallest absolute Gasteiger partial charge is 0.331 e. The van der Waals surface area contributed by atoms with Crippen molar-refractivity contribution in [3.63, 3.8) is 0 Å². The van der Waals surface area contributed by atoms with Crippen molar-refractivity contribution in [2.24, 2.45) is 0 Å². The minimum absolute atomic E-state index is 0.347. The highest BCUT2D eigenvalue weighted by atomic mass is 16.6. The van der Waals surface area contributed by atoms with Crippen LogP contribution in [0.15, 0.2) is 12.7 Å². The van der Waals surface area contributed by atoms with Gasteiger partial charge in [0.25, 0.3) is 0 Å². The lowest BCUT2D eigenvalue weighted by atomic mass is 10.6. The zero-order chi connectivity index (χ0) is 8.69. The lowest BCUT2D eigenvalue weighted by molar-refractivity contribution is -0.144. The molecule has 64 valence electrons. The summed E-state index contributed by atoms with van der Waals surface area (Å²) in [5.74, 6) is -0.443. The Labute approximate surface area is 66.2 Å². The van der Waals surface area contributed by atoms with Crippen LogP contribution in [0.25, 0.3) is 0 Å². The van der Waals surface area contributed by atoms with Crippen molar-refractivity contribution in [2.45, 2.75) is 13.2 Å². The van der Waals surface area contributed by atoms with Crippen LogP contribution in [-0.4, -0.2) is 26.0 Å². The van der Waals surface area contributed by atoms with E-state index in [1.165, 1.54) is 0 Å². The van der Waals surface area contributed by atoms with E-state index < -0.39 is 5.97 Å². The Balaban J connectivity index is 3.43. The number of methoxy groups -OCH3 is 1. The Bertz CT molecular complexity index is 136. The molecule has 0 aliphatic carbocycles. The Kier molecular flexibility index (Phi) is 5.42. The fraction of sp³-hybridized carbons (Fsp3) is 0.571. The molecule has 0 fully saturated rings. The molecule has 0 bridgehead atoms. The Morgan fingerprint density at radius 2 is 2.45 bits per heavy atom. The molecular weight excluding hydrogens is 146 g/mol. The van der Waals surface area contributed by atoms with Gasteiger partial charge in [0.05, 0.1) is 6.73 Å². The van der Waals surface area contributed by atoms with Crippen LogP contribution in [0.3, 0.4) is 0 Å². The zero-order valence-electron chi connectivity index (χ0n) is 6.79. The number of nitrogens with one attached hydrogen (secondary N) is 1. The first-order valence-corrected chi connectivity index (χ1v) is 3.26. The molecule has 0 saturated heterocycles. The van der Waals surface area contributed by atoms with Gasteiger partial charge < -0.3 is 9.47 Å². The molecule has 0 heterocycles. The van der Waals surface area contributed by atoms with E-state index in [-0.39, 0.29) is 6.23 Å². The number of esters is 1. The van der Waals surface area contributed by atoms with E-state index >= 15 is 0 Å². The molecule has 0 aromatic rings. The van der Waals surface area contributed by atoms with Gasteiger partial charge in [-0.1, -0.05) is 6.58 Å². The minimum atomic E-state index is -0.443. The van der Waals surface area contributed by atoms with Crippen molar-refractivity contribution >= 4 is 5.97 Å². The van der Waals surface area contributed by atoms with E-state index in [1.54, 1.807) is 14.0 Å². The summed E-state index contributed by atoms with van der Waals surface area (Å²) >= 11 is 0. The maximum Gasteiger partial charge on any atom is 0.331 e. The average molecular weight is 159 g/mol. The summed E-state index contributed by atoms with van der Waals surface area (Å²) in [6, 6.07) is 0. The third kappa shape index (κ3) is 5.57. The van der Waals surface area contributed by atoms with Gasteiger partial charge in [0.2, 0.25) is 0 Å². The molecule has 0 rings (SSSR count). The van der Waals surface area contributed by atoms with Gasteiger partial charge in [-0.2, -0.15) is 0 Å². The van der Waals surface area contributed by atoms with E-state index in [1.807, 2.05) is 0 Å². The monoisotopic (exact) mass is 159 g/mol. The first kappa shape index (κ1) is 10.1. The molecule has 11 heavy (non-hydrogen) atoms. The van der Waals surface area contributed by atoms with Crippen molar-refractivity contribution in [1.82, 2.24) is 5.32 Å². The molecule has 0 radical (unpaired) electrons. The van der Waals surface area contributed by atoms with Crippen molar-refractivity contribution in [1.29, 1.82) is 0 Å². The highest BCUT2D eigenvalue weighted by Gasteiger charge is 2.03. The topological polar surface area (TPSA) is 47.6 Å². The molecule has 1 unspecified atom stereocenters. The molecule has 1 N–H and O–H groups in total. The molecule has 4 heteroatoms. The number of hydrogen-bond acceptors (Lipinski definition) is 4. The van der Waals surface area contributed by atoms with Gasteiger partial charge in [-0.25, -0.2) is 4.79 Å². The molecule has 0 aliphatic rings. The number of carbonyl (C=O) groups is 1. The summed E-state index contributed by atoms with van der Waals surface area (Å²) in [7, 11) is 1.55. The zero-order valence-corrected chi connectivity index (χ0v) is 6.79. The molecule has 0 spiro atoms. The van der Waals surface area contributed by atoms with Crippen LogP contribution in [0, 0.1) is 0 Å². The number of ether oxygens (including phenoxy) is 2. The summed E-state index contributed by atoms with van der Waals surface area (Å²) in [5.41, 5.74) is 0. The second kappa shape index (κ2) is 5.88. The van der Waals surface area contributed by atoms with Gasteiger partial charge >= 0.3 is 5.97 Å². The normalized spacial score (nSPS) is 12.2. The first-order chi connectivity index (χ1) is 5.20. The Morgan fingerprint density at radius 1 is 1.82 bits per heavy atom. The molecule has 0 saturated carbocycles. The maximum absolute atomic E-state index is 10.6. The van der Waals surface area contributed by atoms with Crippen molar-refractivity contribution in [3.05, 3.63) is 12.7 Å². The number of hydrogen-bond donors (Lipinski definition) is 1. The third-order valence-corrected chi connectivity index (χ3v) is 0.975. The second-order valence-electron chi connectivity index (χ2n) is 1.92. The van der Waals surface area contributed by atoms with Crippen LogP contribution in [0.4, 0.5) is 0 Å². The summed E-state index contributed by atoms with van der Waals surface area (Å²) in [6.45, 7) is 5.32. The quantitative estimate of drug-likeness (QED) is 0.355. The van der Waals surface area contributed by atoms with Crippen molar-refractivity contribution in [3.8, 4) is 0 Å². The minimum Gasteiger partial charge on any atom is -0.444 e. The Hall–Kier alpha value is -0.870. The predicted molar refractivity (Wildman–Crippen MR) is 40.8 cm³/mol. The molecule has 0 aromatic heterocycles. The molecule has 0 aromatic carbocycles. The standard InChI is InChI=1S/C7H13NO3/c1-4-7(9)11-6(2)8-5-10-3/h4,6,8H,1,5H2,2-3H3. The second-order valence-corrected chi connectivity index (χ2v) is 1.92. The highest BCUT2D eigenvalue weighted by molar-refractivity contribution is 5.81. The predicted octanol–water partition coefficient (Wildman–Crippen LogP) is 0.255. The van der Waals surface area contributed by atoms with E-state index in [4.69, 9.17) is 9.47 Å². The van der Waals surface area contributed by atoms with Gasteiger partial charge in [0.1, 0.15) is 0 Å². The van der Waals surface area contributed by atoms with E-state index in [0.29, 0.717) is 6.73 Å². The number of rotatable bonds is 5.